The van der Waals surface area contributed by atoms with E-state index in [4.69, 9.17) is 0 Å². The molecule has 1 amide bonds. The normalized spacial score (nSPS) is 11.0. The van der Waals surface area contributed by atoms with Crippen LogP contribution in [0.15, 0.2) is 35.9 Å². The fourth-order valence-electron chi connectivity index (χ4n) is 1.13. The first-order valence-electron chi connectivity index (χ1n) is 4.84. The van der Waals surface area contributed by atoms with Gasteiger partial charge >= 0.3 is 0 Å². The van der Waals surface area contributed by atoms with E-state index in [1.54, 1.807) is 31.2 Å². The molecule has 0 aliphatic carbocycles. The average Bonchev–Trinajstić information content (AvgIpc) is 2.35. The molecule has 0 unspecified atom stereocenters. The van der Waals surface area contributed by atoms with E-state index >= 15 is 0 Å². The summed E-state index contributed by atoms with van der Waals surface area (Å²) in [4.78, 5) is 22.1. The molecule has 16 heavy (non-hydrogen) atoms. The van der Waals surface area contributed by atoms with Crippen molar-refractivity contribution >= 4 is 18.3 Å². The van der Waals surface area contributed by atoms with Crippen LogP contribution in [0, 0.1) is 0 Å². The molecule has 0 aliphatic rings. The molecule has 0 aromatic heterocycles. The van der Waals surface area contributed by atoms with Gasteiger partial charge in [0.2, 0.25) is 6.29 Å². The van der Waals surface area contributed by atoms with Crippen LogP contribution in [0.2, 0.25) is 0 Å². The predicted octanol–water partition coefficient (Wildman–Crippen LogP) is 1.42. The van der Waals surface area contributed by atoms with Gasteiger partial charge in [-0.1, -0.05) is 30.3 Å². The van der Waals surface area contributed by atoms with Gasteiger partial charge in [-0.05, 0) is 18.6 Å². The van der Waals surface area contributed by atoms with Crippen LogP contribution in [-0.2, 0) is 9.59 Å². The highest BCUT2D eigenvalue weighted by atomic mass is 16.5. The molecule has 0 spiro atoms. The minimum atomic E-state index is -0.749. The van der Waals surface area contributed by atoms with Crippen LogP contribution >= 0.6 is 0 Å². The highest BCUT2D eigenvalue weighted by Crippen LogP contribution is 2.07. The molecule has 0 heterocycles. The summed E-state index contributed by atoms with van der Waals surface area (Å²) in [5.41, 5.74) is 0.509. The van der Waals surface area contributed by atoms with Gasteiger partial charge in [0.1, 0.15) is 0 Å². The number of carbonyl (C=O) groups is 1. The fraction of sp³-hybridized carbons (Fsp3) is 0.167. The first-order valence-corrected chi connectivity index (χ1v) is 4.84. The molecule has 4 heteroatoms. The average molecular weight is 218 g/mol. The van der Waals surface area contributed by atoms with Gasteiger partial charge in [0, 0.05) is 6.54 Å². The van der Waals surface area contributed by atoms with Crippen molar-refractivity contribution in [3.63, 3.8) is 0 Å². The van der Waals surface area contributed by atoms with Crippen LogP contribution in [0.25, 0.3) is 6.08 Å². The molecule has 83 valence electrons. The second-order valence-electron chi connectivity index (χ2n) is 3.09. The van der Waals surface area contributed by atoms with Gasteiger partial charge < -0.3 is 0 Å². The zero-order valence-electron chi connectivity index (χ0n) is 8.88. The zero-order valence-corrected chi connectivity index (χ0v) is 8.88. The first-order chi connectivity index (χ1) is 7.69. The summed E-state index contributed by atoms with van der Waals surface area (Å²) in [6.45, 7) is 1.72. The van der Waals surface area contributed by atoms with Crippen LogP contribution in [0.1, 0.15) is 12.5 Å². The highest BCUT2D eigenvalue weighted by Gasteiger charge is 2.14. The van der Waals surface area contributed by atoms with E-state index in [0.29, 0.717) is 10.6 Å². The van der Waals surface area contributed by atoms with Crippen molar-refractivity contribution in [1.82, 2.24) is 5.06 Å². The molecule has 0 fully saturated rings. The maximum atomic E-state index is 11.5. The lowest BCUT2D eigenvalue weighted by molar-refractivity contribution is -0.158. The number of benzene rings is 1. The van der Waals surface area contributed by atoms with Crippen LogP contribution in [-0.4, -0.2) is 29.0 Å². The summed E-state index contributed by atoms with van der Waals surface area (Å²) < 4.78 is 0. The minimum Gasteiger partial charge on any atom is -0.286 e. The van der Waals surface area contributed by atoms with E-state index in [2.05, 4.69) is 0 Å². The first kappa shape index (κ1) is 12.1. The van der Waals surface area contributed by atoms with E-state index in [9.17, 15) is 14.8 Å². The highest BCUT2D eigenvalue weighted by molar-refractivity contribution is 6.14. The molecule has 1 rings (SSSR count). The van der Waals surface area contributed by atoms with Gasteiger partial charge in [-0.3, -0.25) is 14.8 Å². The monoisotopic (exact) mass is 218 g/mol. The summed E-state index contributed by atoms with van der Waals surface area (Å²) in [7, 11) is 0. The molecule has 1 radical (unpaired) electrons. The standard InChI is InChI=1S/C12H12NO3/c1-2-13(16)12(15)11(9-14)8-10-6-4-3-5-7-10/h3-8,16H,2H2,1H3. The lowest BCUT2D eigenvalue weighted by Crippen LogP contribution is -2.28. The van der Waals surface area contributed by atoms with E-state index in [-0.39, 0.29) is 12.1 Å². The van der Waals surface area contributed by atoms with Crippen molar-refractivity contribution in [2.24, 2.45) is 0 Å². The second-order valence-corrected chi connectivity index (χ2v) is 3.09. The van der Waals surface area contributed by atoms with Crippen molar-refractivity contribution < 1.29 is 14.8 Å². The lowest BCUT2D eigenvalue weighted by Gasteiger charge is -2.11. The second kappa shape index (κ2) is 5.82. The number of hydroxylamine groups is 2. The number of hydrogen-bond acceptors (Lipinski definition) is 3. The lowest BCUT2D eigenvalue weighted by atomic mass is 10.1. The fourth-order valence-corrected chi connectivity index (χ4v) is 1.13. The molecule has 0 atom stereocenters. The molecular weight excluding hydrogens is 206 g/mol. The Bertz CT molecular complexity index is 398. The van der Waals surface area contributed by atoms with Crippen molar-refractivity contribution in [1.29, 1.82) is 0 Å². The van der Waals surface area contributed by atoms with E-state index in [0.717, 1.165) is 0 Å². The molecule has 0 aliphatic heterocycles. The largest absolute Gasteiger partial charge is 0.286 e. The van der Waals surface area contributed by atoms with Gasteiger partial charge in [-0.15, -0.1) is 0 Å². The third-order valence-corrected chi connectivity index (χ3v) is 1.98. The molecule has 0 saturated heterocycles. The molecule has 1 aromatic rings. The zero-order chi connectivity index (χ0) is 12.0. The molecule has 0 saturated carbocycles. The van der Waals surface area contributed by atoms with Gasteiger partial charge in [0.15, 0.2) is 0 Å². The molecular formula is C12H12NO3. The minimum absolute atomic E-state index is 0.118. The Kier molecular flexibility index (Phi) is 4.42. The SMILES string of the molecule is CCN(O)C(=O)C([C]=O)=Cc1ccccc1. The Morgan fingerprint density at radius 3 is 2.56 bits per heavy atom. The smallest absolute Gasteiger partial charge is 0.281 e. The van der Waals surface area contributed by atoms with Crippen LogP contribution in [0.5, 0.6) is 0 Å². The number of hydrogen-bond donors (Lipinski definition) is 1. The molecule has 1 aromatic carbocycles. The third kappa shape index (κ3) is 3.03. The van der Waals surface area contributed by atoms with Gasteiger partial charge in [-0.25, -0.2) is 5.06 Å². The van der Waals surface area contributed by atoms with Crippen LogP contribution < -0.4 is 0 Å². The Labute approximate surface area is 93.8 Å². The van der Waals surface area contributed by atoms with E-state index in [1.165, 1.54) is 12.4 Å². The quantitative estimate of drug-likeness (QED) is 0.273. The van der Waals surface area contributed by atoms with Crippen LogP contribution in [0.4, 0.5) is 0 Å². The number of likely N-dealkylation sites (N-methyl/N-ethyl adjacent to an activating group) is 1. The summed E-state index contributed by atoms with van der Waals surface area (Å²) in [5, 5.41) is 9.64. The maximum absolute atomic E-state index is 11.5. The predicted molar refractivity (Wildman–Crippen MR) is 59.3 cm³/mol. The topological polar surface area (TPSA) is 57.6 Å². The summed E-state index contributed by atoms with van der Waals surface area (Å²) in [6.07, 6.45) is 2.91. The Morgan fingerprint density at radius 2 is 2.06 bits per heavy atom. The Balaban J connectivity index is 2.95. The van der Waals surface area contributed by atoms with Crippen molar-refractivity contribution in [3.8, 4) is 0 Å². The molecule has 0 bridgehead atoms. The van der Waals surface area contributed by atoms with Crippen molar-refractivity contribution in [2.75, 3.05) is 6.54 Å². The van der Waals surface area contributed by atoms with Gasteiger partial charge in [0.25, 0.3) is 5.91 Å². The van der Waals surface area contributed by atoms with Gasteiger partial charge in [0.05, 0.1) is 5.57 Å². The van der Waals surface area contributed by atoms with E-state index < -0.39 is 5.91 Å². The Morgan fingerprint density at radius 1 is 1.44 bits per heavy atom. The number of rotatable bonds is 4. The molecule has 4 nitrogen and oxygen atoms in total. The van der Waals surface area contributed by atoms with Gasteiger partial charge in [-0.2, -0.15) is 0 Å². The maximum Gasteiger partial charge on any atom is 0.281 e. The molecule has 1 N–H and O–H groups in total. The van der Waals surface area contributed by atoms with Crippen molar-refractivity contribution in [3.05, 3.63) is 41.5 Å². The number of carbonyl (C=O) groups excluding carboxylic acids is 2. The summed E-state index contributed by atoms with van der Waals surface area (Å²) >= 11 is 0. The van der Waals surface area contributed by atoms with Crippen molar-refractivity contribution in [2.45, 2.75) is 6.92 Å². The third-order valence-electron chi connectivity index (χ3n) is 1.98. The number of nitrogens with zero attached hydrogens (tertiary/aromatic N) is 1. The Hall–Kier alpha value is -1.94. The number of amides is 1. The van der Waals surface area contributed by atoms with E-state index in [1.807, 2.05) is 6.07 Å². The summed E-state index contributed by atoms with van der Waals surface area (Å²) in [6, 6.07) is 8.90. The summed E-state index contributed by atoms with van der Waals surface area (Å²) in [5.74, 6) is -0.749. The van der Waals surface area contributed by atoms with Crippen LogP contribution in [0.3, 0.4) is 0 Å².